The minimum atomic E-state index is 0.107. The fraction of sp³-hybridized carbons (Fsp3) is 0.438. The molecule has 0 radical (unpaired) electrons. The smallest absolute Gasteiger partial charge is 0.246 e. The van der Waals surface area contributed by atoms with Gasteiger partial charge in [-0.25, -0.2) is 0 Å². The van der Waals surface area contributed by atoms with Crippen molar-refractivity contribution in [1.82, 2.24) is 4.90 Å². The lowest BCUT2D eigenvalue weighted by atomic mass is 9.95. The van der Waals surface area contributed by atoms with Crippen LogP contribution in [0.3, 0.4) is 0 Å². The quantitative estimate of drug-likeness (QED) is 0.655. The predicted molar refractivity (Wildman–Crippen MR) is 79.5 cm³/mol. The first-order chi connectivity index (χ1) is 9.06. The molecule has 1 aliphatic heterocycles. The van der Waals surface area contributed by atoms with Gasteiger partial charge in [0.1, 0.15) is 0 Å². The summed E-state index contributed by atoms with van der Waals surface area (Å²) in [5.41, 5.74) is 7.37. The molecule has 0 aliphatic carbocycles. The summed E-state index contributed by atoms with van der Waals surface area (Å²) in [6, 6.07) is 7.87. The Kier molecular flexibility index (Phi) is 4.25. The Morgan fingerprint density at radius 2 is 1.95 bits per heavy atom. The molecule has 0 saturated carbocycles. The first-order valence-electron chi connectivity index (χ1n) is 6.90. The van der Waals surface area contributed by atoms with E-state index >= 15 is 0 Å². The van der Waals surface area contributed by atoms with Gasteiger partial charge in [0.2, 0.25) is 5.91 Å². The Morgan fingerprint density at radius 1 is 1.26 bits per heavy atom. The molecule has 1 aromatic carbocycles. The summed E-state index contributed by atoms with van der Waals surface area (Å²) in [6.07, 6.45) is 5.84. The number of hydrogen-bond donors (Lipinski definition) is 1. The number of carbonyl (C=O) groups is 1. The first-order valence-corrected chi connectivity index (χ1v) is 6.90. The number of nitrogens with two attached hydrogens (primary N) is 1. The molecule has 2 N–H and O–H groups in total. The van der Waals surface area contributed by atoms with E-state index in [0.717, 1.165) is 24.2 Å². The summed E-state index contributed by atoms with van der Waals surface area (Å²) in [5, 5.41) is 0. The number of rotatable bonds is 2. The minimum Gasteiger partial charge on any atom is -0.399 e. The Morgan fingerprint density at radius 3 is 2.63 bits per heavy atom. The largest absolute Gasteiger partial charge is 0.399 e. The molecule has 1 heterocycles. The average molecular weight is 258 g/mol. The number of nitrogens with zero attached hydrogens (tertiary/aromatic N) is 1. The highest BCUT2D eigenvalue weighted by Crippen LogP contribution is 2.21. The highest BCUT2D eigenvalue weighted by molar-refractivity contribution is 5.92. The van der Waals surface area contributed by atoms with Gasteiger partial charge in [0.25, 0.3) is 0 Å². The number of carbonyl (C=O) groups excluding carboxylic acids is 1. The van der Waals surface area contributed by atoms with E-state index in [9.17, 15) is 4.79 Å². The fourth-order valence-electron chi connectivity index (χ4n) is 2.47. The fourth-order valence-corrected chi connectivity index (χ4v) is 2.47. The lowest BCUT2D eigenvalue weighted by Crippen LogP contribution is -2.44. The molecular formula is C16H22N2O. The zero-order valence-electron chi connectivity index (χ0n) is 11.7. The Labute approximate surface area is 115 Å². The third-order valence-electron chi connectivity index (χ3n) is 3.76. The SMILES string of the molecule is CC1CCC(C)N(C(=O)/C=C/c2ccc(N)cc2)C1. The molecule has 19 heavy (non-hydrogen) atoms. The van der Waals surface area contributed by atoms with Crippen molar-refractivity contribution >= 4 is 17.7 Å². The summed E-state index contributed by atoms with van der Waals surface area (Å²) >= 11 is 0. The van der Waals surface area contributed by atoms with Crippen molar-refractivity contribution in [2.75, 3.05) is 12.3 Å². The number of benzene rings is 1. The molecule has 1 saturated heterocycles. The molecule has 0 aromatic heterocycles. The standard InChI is InChI=1S/C16H22N2O/c1-12-3-4-13(2)18(11-12)16(19)10-7-14-5-8-15(17)9-6-14/h5-10,12-13H,3-4,11,17H2,1-2H3/b10-7+. The van der Waals surface area contributed by atoms with Gasteiger partial charge >= 0.3 is 0 Å². The molecule has 2 unspecified atom stereocenters. The van der Waals surface area contributed by atoms with Crippen LogP contribution in [0.15, 0.2) is 30.3 Å². The summed E-state index contributed by atoms with van der Waals surface area (Å²) in [6.45, 7) is 5.20. The van der Waals surface area contributed by atoms with Crippen LogP contribution < -0.4 is 5.73 Å². The van der Waals surface area contributed by atoms with Gasteiger partial charge in [-0.1, -0.05) is 19.1 Å². The van der Waals surface area contributed by atoms with E-state index in [1.807, 2.05) is 35.2 Å². The molecular weight excluding hydrogens is 236 g/mol. The lowest BCUT2D eigenvalue weighted by Gasteiger charge is -2.36. The van der Waals surface area contributed by atoms with Crippen LogP contribution in [0.25, 0.3) is 6.08 Å². The topological polar surface area (TPSA) is 46.3 Å². The van der Waals surface area contributed by atoms with Crippen molar-refractivity contribution in [2.24, 2.45) is 5.92 Å². The van der Waals surface area contributed by atoms with E-state index in [0.29, 0.717) is 12.0 Å². The first kappa shape index (κ1) is 13.7. The summed E-state index contributed by atoms with van der Waals surface area (Å²) in [4.78, 5) is 14.2. The Bertz CT molecular complexity index is 464. The van der Waals surface area contributed by atoms with Crippen LogP contribution in [0.5, 0.6) is 0 Å². The average Bonchev–Trinajstić information content (AvgIpc) is 2.40. The highest BCUT2D eigenvalue weighted by atomic mass is 16.2. The van der Waals surface area contributed by atoms with Crippen LogP contribution in [0.2, 0.25) is 0 Å². The number of likely N-dealkylation sites (tertiary alicyclic amines) is 1. The van der Waals surface area contributed by atoms with E-state index in [-0.39, 0.29) is 5.91 Å². The van der Waals surface area contributed by atoms with Crippen molar-refractivity contribution in [3.63, 3.8) is 0 Å². The van der Waals surface area contributed by atoms with Crippen LogP contribution in [0.4, 0.5) is 5.69 Å². The molecule has 1 amide bonds. The van der Waals surface area contributed by atoms with Crippen molar-refractivity contribution in [3.8, 4) is 0 Å². The van der Waals surface area contributed by atoms with Gasteiger partial charge in [-0.05, 0) is 49.5 Å². The van der Waals surface area contributed by atoms with Crippen LogP contribution in [0.1, 0.15) is 32.3 Å². The molecule has 0 bridgehead atoms. The van der Waals surface area contributed by atoms with Crippen LogP contribution in [-0.2, 0) is 4.79 Å². The highest BCUT2D eigenvalue weighted by Gasteiger charge is 2.25. The number of piperidine rings is 1. The maximum Gasteiger partial charge on any atom is 0.246 e. The van der Waals surface area contributed by atoms with Gasteiger partial charge < -0.3 is 10.6 Å². The van der Waals surface area contributed by atoms with Crippen molar-refractivity contribution in [2.45, 2.75) is 32.7 Å². The summed E-state index contributed by atoms with van der Waals surface area (Å²) < 4.78 is 0. The van der Waals surface area contributed by atoms with Crippen LogP contribution in [-0.4, -0.2) is 23.4 Å². The van der Waals surface area contributed by atoms with Gasteiger partial charge in [-0.2, -0.15) is 0 Å². The maximum absolute atomic E-state index is 12.2. The molecule has 1 aliphatic rings. The monoisotopic (exact) mass is 258 g/mol. The van der Waals surface area contributed by atoms with Crippen LogP contribution >= 0.6 is 0 Å². The van der Waals surface area contributed by atoms with E-state index in [1.165, 1.54) is 6.42 Å². The van der Waals surface area contributed by atoms with Crippen molar-refractivity contribution in [3.05, 3.63) is 35.9 Å². The van der Waals surface area contributed by atoms with E-state index in [4.69, 9.17) is 5.73 Å². The van der Waals surface area contributed by atoms with Gasteiger partial charge in [0.05, 0.1) is 0 Å². The van der Waals surface area contributed by atoms with Gasteiger partial charge in [0, 0.05) is 24.4 Å². The summed E-state index contributed by atoms with van der Waals surface area (Å²) in [7, 11) is 0. The molecule has 1 fully saturated rings. The van der Waals surface area contributed by atoms with E-state index in [1.54, 1.807) is 6.08 Å². The minimum absolute atomic E-state index is 0.107. The van der Waals surface area contributed by atoms with E-state index in [2.05, 4.69) is 13.8 Å². The Hall–Kier alpha value is -1.77. The predicted octanol–water partition coefficient (Wildman–Crippen LogP) is 2.93. The number of nitrogen functional groups attached to an aromatic ring is 1. The zero-order chi connectivity index (χ0) is 13.8. The third-order valence-corrected chi connectivity index (χ3v) is 3.76. The van der Waals surface area contributed by atoms with E-state index < -0.39 is 0 Å². The molecule has 2 rings (SSSR count). The second kappa shape index (κ2) is 5.91. The number of amides is 1. The molecule has 1 aromatic rings. The van der Waals surface area contributed by atoms with Crippen LogP contribution in [0, 0.1) is 5.92 Å². The maximum atomic E-state index is 12.2. The van der Waals surface area contributed by atoms with Gasteiger partial charge in [0.15, 0.2) is 0 Å². The molecule has 102 valence electrons. The second-order valence-electron chi connectivity index (χ2n) is 5.52. The molecule has 3 heteroatoms. The third kappa shape index (κ3) is 3.60. The normalized spacial score (nSPS) is 23.8. The summed E-state index contributed by atoms with van der Waals surface area (Å²) in [5.74, 6) is 0.709. The Balaban J connectivity index is 2.01. The second-order valence-corrected chi connectivity index (χ2v) is 5.52. The number of anilines is 1. The van der Waals surface area contributed by atoms with Gasteiger partial charge in [-0.15, -0.1) is 0 Å². The molecule has 3 nitrogen and oxygen atoms in total. The lowest BCUT2D eigenvalue weighted by molar-refractivity contribution is -0.130. The molecule has 0 spiro atoms. The van der Waals surface area contributed by atoms with Gasteiger partial charge in [-0.3, -0.25) is 4.79 Å². The molecule has 2 atom stereocenters. The number of hydrogen-bond acceptors (Lipinski definition) is 2. The zero-order valence-corrected chi connectivity index (χ0v) is 11.7. The van der Waals surface area contributed by atoms with Crippen molar-refractivity contribution in [1.29, 1.82) is 0 Å². The van der Waals surface area contributed by atoms with Crippen molar-refractivity contribution < 1.29 is 4.79 Å².